The number of cyclic esters (lactones) is 1. The van der Waals surface area contributed by atoms with Gasteiger partial charge in [-0.05, 0) is 23.6 Å². The third-order valence-electron chi connectivity index (χ3n) is 2.92. The van der Waals surface area contributed by atoms with E-state index in [1.807, 2.05) is 41.8 Å². The predicted molar refractivity (Wildman–Crippen MR) is 87.1 cm³/mol. The van der Waals surface area contributed by atoms with Gasteiger partial charge in [0.1, 0.15) is 12.4 Å². The molecular weight excluding hydrogens is 298 g/mol. The van der Waals surface area contributed by atoms with E-state index in [0.717, 1.165) is 10.4 Å². The number of hydrogen-bond donors (Lipinski definition) is 0. The first-order valence-electron chi connectivity index (χ1n) is 6.67. The Morgan fingerprint density at radius 1 is 1.27 bits per heavy atom. The summed E-state index contributed by atoms with van der Waals surface area (Å²) < 4.78 is 10.8. The van der Waals surface area contributed by atoms with Crippen molar-refractivity contribution in [2.75, 3.05) is 6.61 Å². The minimum atomic E-state index is -0.457. The summed E-state index contributed by atoms with van der Waals surface area (Å²) in [6.45, 7) is 4.02. The number of carbonyl (C=O) groups excluding carboxylic acids is 1. The molecule has 2 heterocycles. The third-order valence-corrected chi connectivity index (χ3v) is 3.78. The van der Waals surface area contributed by atoms with Crippen LogP contribution in [-0.2, 0) is 9.53 Å². The zero-order chi connectivity index (χ0) is 15.4. The number of benzene rings is 1. The number of rotatable bonds is 5. The predicted octanol–water partition coefficient (Wildman–Crippen LogP) is 3.66. The van der Waals surface area contributed by atoms with Crippen LogP contribution in [0.1, 0.15) is 10.4 Å². The van der Waals surface area contributed by atoms with Crippen LogP contribution in [0.15, 0.2) is 65.1 Å². The summed E-state index contributed by atoms with van der Waals surface area (Å²) in [6, 6.07) is 11.2. The molecule has 0 fully saturated rings. The van der Waals surface area contributed by atoms with Gasteiger partial charge in [-0.25, -0.2) is 9.79 Å². The molecule has 5 heteroatoms. The number of carbonyl (C=O) groups is 1. The Balaban J connectivity index is 1.92. The molecule has 0 bridgehead atoms. The average molecular weight is 311 g/mol. The second-order valence-electron chi connectivity index (χ2n) is 4.45. The van der Waals surface area contributed by atoms with Crippen LogP contribution >= 0.6 is 11.3 Å². The van der Waals surface area contributed by atoms with Crippen molar-refractivity contribution in [1.29, 1.82) is 0 Å². The van der Waals surface area contributed by atoms with Crippen molar-refractivity contribution in [3.05, 3.63) is 70.6 Å². The number of hydrogen-bond acceptors (Lipinski definition) is 5. The summed E-state index contributed by atoms with van der Waals surface area (Å²) in [7, 11) is 0. The van der Waals surface area contributed by atoms with Crippen molar-refractivity contribution in [3.63, 3.8) is 0 Å². The molecule has 1 aliphatic rings. The first kappa shape index (κ1) is 14.3. The molecule has 0 N–H and O–H groups in total. The lowest BCUT2D eigenvalue weighted by atomic mass is 10.1. The van der Waals surface area contributed by atoms with Gasteiger partial charge < -0.3 is 9.47 Å². The monoisotopic (exact) mass is 311 g/mol. The van der Waals surface area contributed by atoms with Gasteiger partial charge in [-0.15, -0.1) is 11.3 Å². The first-order chi connectivity index (χ1) is 10.8. The fourth-order valence-electron chi connectivity index (χ4n) is 1.94. The molecule has 0 spiro atoms. The lowest BCUT2D eigenvalue weighted by molar-refractivity contribution is -0.129. The molecular formula is C17H13NO3S. The molecule has 4 nitrogen and oxygen atoms in total. The standard InChI is InChI=1S/C17H13NO3S/c1-2-9-20-14-7-4-3-6-12(14)11-13-17(19)21-16(18-13)15-8-5-10-22-15/h2-8,10-11H,1,9H2/b13-11-. The molecule has 0 aliphatic carbocycles. The van der Waals surface area contributed by atoms with Crippen molar-refractivity contribution >= 4 is 29.3 Å². The van der Waals surface area contributed by atoms with Gasteiger partial charge in [-0.3, -0.25) is 0 Å². The van der Waals surface area contributed by atoms with Gasteiger partial charge in [-0.1, -0.05) is 36.9 Å². The lowest BCUT2D eigenvalue weighted by Gasteiger charge is -2.06. The van der Waals surface area contributed by atoms with Crippen LogP contribution in [0.4, 0.5) is 0 Å². The van der Waals surface area contributed by atoms with E-state index in [1.54, 1.807) is 12.2 Å². The van der Waals surface area contributed by atoms with Crippen LogP contribution in [0.3, 0.4) is 0 Å². The molecule has 3 rings (SSSR count). The quantitative estimate of drug-likeness (QED) is 0.481. The highest BCUT2D eigenvalue weighted by molar-refractivity contribution is 7.12. The van der Waals surface area contributed by atoms with E-state index in [1.165, 1.54) is 11.3 Å². The van der Waals surface area contributed by atoms with Crippen LogP contribution in [0, 0.1) is 0 Å². The van der Waals surface area contributed by atoms with Crippen LogP contribution < -0.4 is 4.74 Å². The maximum Gasteiger partial charge on any atom is 0.363 e. The topological polar surface area (TPSA) is 47.9 Å². The maximum absolute atomic E-state index is 12.0. The van der Waals surface area contributed by atoms with E-state index in [9.17, 15) is 4.79 Å². The van der Waals surface area contributed by atoms with Gasteiger partial charge in [0, 0.05) is 5.56 Å². The van der Waals surface area contributed by atoms with Crippen LogP contribution in [0.25, 0.3) is 6.08 Å². The molecule has 2 aromatic rings. The van der Waals surface area contributed by atoms with Crippen LogP contribution in [-0.4, -0.2) is 18.5 Å². The summed E-state index contributed by atoms with van der Waals surface area (Å²) in [6.07, 6.45) is 3.34. The van der Waals surface area contributed by atoms with Crippen molar-refractivity contribution in [3.8, 4) is 5.75 Å². The Kier molecular flexibility index (Phi) is 4.16. The fraction of sp³-hybridized carbons (Fsp3) is 0.0588. The molecule has 1 aromatic carbocycles. The summed E-state index contributed by atoms with van der Waals surface area (Å²) in [5, 5.41) is 1.91. The van der Waals surface area contributed by atoms with Crippen LogP contribution in [0.2, 0.25) is 0 Å². The van der Waals surface area contributed by atoms with E-state index in [-0.39, 0.29) is 5.70 Å². The van der Waals surface area contributed by atoms with Crippen LogP contribution in [0.5, 0.6) is 5.75 Å². The molecule has 0 atom stereocenters. The largest absolute Gasteiger partial charge is 0.489 e. The Morgan fingerprint density at radius 2 is 2.14 bits per heavy atom. The van der Waals surface area contributed by atoms with E-state index in [4.69, 9.17) is 9.47 Å². The van der Waals surface area contributed by atoms with E-state index in [0.29, 0.717) is 18.3 Å². The first-order valence-corrected chi connectivity index (χ1v) is 7.55. The number of esters is 1. The zero-order valence-corrected chi connectivity index (χ0v) is 12.5. The average Bonchev–Trinajstić information content (AvgIpc) is 3.17. The molecule has 1 aliphatic heterocycles. The number of ether oxygens (including phenoxy) is 2. The number of thiophene rings is 1. The molecule has 1 aromatic heterocycles. The SMILES string of the molecule is C=CCOc1ccccc1/C=C1\N=C(c2cccs2)OC1=O. The van der Waals surface area contributed by atoms with Crippen molar-refractivity contribution < 1.29 is 14.3 Å². The van der Waals surface area contributed by atoms with Gasteiger partial charge in [0.15, 0.2) is 5.70 Å². The highest BCUT2D eigenvalue weighted by Crippen LogP contribution is 2.25. The van der Waals surface area contributed by atoms with Gasteiger partial charge >= 0.3 is 5.97 Å². The van der Waals surface area contributed by atoms with Gasteiger partial charge in [0.25, 0.3) is 0 Å². The second kappa shape index (κ2) is 6.41. The Morgan fingerprint density at radius 3 is 2.91 bits per heavy atom. The summed E-state index contributed by atoms with van der Waals surface area (Å²) >= 11 is 1.47. The molecule has 22 heavy (non-hydrogen) atoms. The molecule has 0 saturated carbocycles. The van der Waals surface area contributed by atoms with E-state index in [2.05, 4.69) is 11.6 Å². The van der Waals surface area contributed by atoms with Crippen molar-refractivity contribution in [2.45, 2.75) is 0 Å². The second-order valence-corrected chi connectivity index (χ2v) is 5.40. The van der Waals surface area contributed by atoms with E-state index >= 15 is 0 Å². The van der Waals surface area contributed by atoms with Gasteiger partial charge in [-0.2, -0.15) is 0 Å². The zero-order valence-electron chi connectivity index (χ0n) is 11.7. The highest BCUT2D eigenvalue weighted by Gasteiger charge is 2.25. The Bertz CT molecular complexity index is 760. The minimum Gasteiger partial charge on any atom is -0.489 e. The number of aliphatic imine (C=N–C) groups is 1. The van der Waals surface area contributed by atoms with Crippen molar-refractivity contribution in [1.82, 2.24) is 0 Å². The smallest absolute Gasteiger partial charge is 0.363 e. The number of nitrogens with zero attached hydrogens (tertiary/aromatic N) is 1. The molecule has 110 valence electrons. The Labute approximate surface area is 132 Å². The Hall–Kier alpha value is -2.66. The molecule has 0 unspecified atom stereocenters. The van der Waals surface area contributed by atoms with Crippen molar-refractivity contribution in [2.24, 2.45) is 4.99 Å². The van der Waals surface area contributed by atoms with Gasteiger partial charge in [0.05, 0.1) is 4.88 Å². The fourth-order valence-corrected chi connectivity index (χ4v) is 2.59. The van der Waals surface area contributed by atoms with E-state index < -0.39 is 5.97 Å². The molecule has 0 amide bonds. The molecule has 0 radical (unpaired) electrons. The summed E-state index contributed by atoms with van der Waals surface area (Å²) in [5.41, 5.74) is 1.03. The number of para-hydroxylation sites is 1. The summed E-state index contributed by atoms with van der Waals surface area (Å²) in [4.78, 5) is 17.0. The summed E-state index contributed by atoms with van der Waals surface area (Å²) in [5.74, 6) is 0.556. The highest BCUT2D eigenvalue weighted by atomic mass is 32.1. The third kappa shape index (κ3) is 2.99. The molecule has 0 saturated heterocycles. The lowest BCUT2D eigenvalue weighted by Crippen LogP contribution is -2.03. The normalized spacial score (nSPS) is 15.5. The minimum absolute atomic E-state index is 0.262. The maximum atomic E-state index is 12.0. The van der Waals surface area contributed by atoms with Gasteiger partial charge in [0.2, 0.25) is 5.90 Å².